The van der Waals surface area contributed by atoms with Crippen LogP contribution < -0.4 is 10.6 Å². The van der Waals surface area contributed by atoms with Crippen LogP contribution in [0.15, 0.2) is 79.1 Å². The summed E-state index contributed by atoms with van der Waals surface area (Å²) >= 11 is 0. The van der Waals surface area contributed by atoms with Gasteiger partial charge >= 0.3 is 6.03 Å². The second-order valence-electron chi connectivity index (χ2n) is 6.52. The molecule has 27 heavy (non-hydrogen) atoms. The van der Waals surface area contributed by atoms with Crippen molar-refractivity contribution in [3.05, 3.63) is 90.3 Å². The predicted octanol–water partition coefficient (Wildman–Crippen LogP) is 5.04. The van der Waals surface area contributed by atoms with Gasteiger partial charge in [-0.2, -0.15) is 5.10 Å². The molecule has 0 unspecified atom stereocenters. The number of hydrogen-bond donors (Lipinski definition) is 2. The molecule has 0 bridgehead atoms. The zero-order valence-corrected chi connectivity index (χ0v) is 15.0. The molecule has 0 saturated heterocycles. The zero-order valence-electron chi connectivity index (χ0n) is 15.0. The molecule has 3 aromatic carbocycles. The van der Waals surface area contributed by atoms with Gasteiger partial charge in [0.2, 0.25) is 0 Å². The molecule has 1 heterocycles. The molecule has 0 atom stereocenters. The van der Waals surface area contributed by atoms with Crippen LogP contribution in [0, 0.1) is 6.92 Å². The molecule has 134 valence electrons. The topological polar surface area (TPSA) is 59.0 Å². The second kappa shape index (κ2) is 7.33. The van der Waals surface area contributed by atoms with Crippen molar-refractivity contribution < 1.29 is 4.79 Å². The maximum absolute atomic E-state index is 12.4. The first kappa shape index (κ1) is 16.8. The summed E-state index contributed by atoms with van der Waals surface area (Å²) in [5.74, 6) is 0. The number of aryl methyl sites for hydroxylation is 1. The highest BCUT2D eigenvalue weighted by Gasteiger charge is 2.07. The van der Waals surface area contributed by atoms with E-state index in [1.54, 1.807) is 10.9 Å². The van der Waals surface area contributed by atoms with Crippen molar-refractivity contribution in [1.82, 2.24) is 9.78 Å². The van der Waals surface area contributed by atoms with Crippen molar-refractivity contribution in [3.8, 4) is 0 Å². The van der Waals surface area contributed by atoms with Crippen molar-refractivity contribution in [2.24, 2.45) is 0 Å². The Balaban J connectivity index is 1.42. The summed E-state index contributed by atoms with van der Waals surface area (Å²) < 4.78 is 1.80. The number of aromatic nitrogens is 2. The number of rotatable bonds is 4. The minimum Gasteiger partial charge on any atom is -0.307 e. The Labute approximate surface area is 157 Å². The number of urea groups is 1. The van der Waals surface area contributed by atoms with E-state index >= 15 is 0 Å². The molecule has 0 aliphatic rings. The van der Waals surface area contributed by atoms with E-state index in [0.29, 0.717) is 12.2 Å². The third kappa shape index (κ3) is 3.98. The van der Waals surface area contributed by atoms with E-state index in [4.69, 9.17) is 0 Å². The summed E-state index contributed by atoms with van der Waals surface area (Å²) in [5.41, 5.74) is 3.82. The molecule has 1 aromatic heterocycles. The van der Waals surface area contributed by atoms with Crippen LogP contribution in [0.3, 0.4) is 0 Å². The fourth-order valence-electron chi connectivity index (χ4n) is 3.01. The number of hydrogen-bond acceptors (Lipinski definition) is 2. The first-order valence-corrected chi connectivity index (χ1v) is 8.81. The second-order valence-corrected chi connectivity index (χ2v) is 6.52. The lowest BCUT2D eigenvalue weighted by molar-refractivity contribution is 0.262. The quantitative estimate of drug-likeness (QED) is 0.538. The van der Waals surface area contributed by atoms with E-state index in [1.165, 1.54) is 5.56 Å². The molecular weight excluding hydrogens is 336 g/mol. The molecule has 0 radical (unpaired) electrons. The van der Waals surface area contributed by atoms with Crippen molar-refractivity contribution >= 4 is 28.2 Å². The summed E-state index contributed by atoms with van der Waals surface area (Å²) in [5, 5.41) is 12.2. The predicted molar refractivity (Wildman–Crippen MR) is 109 cm³/mol. The van der Waals surface area contributed by atoms with Crippen LogP contribution in [0.4, 0.5) is 16.2 Å². The molecule has 5 heteroatoms. The van der Waals surface area contributed by atoms with Crippen LogP contribution >= 0.6 is 0 Å². The number of amides is 2. The van der Waals surface area contributed by atoms with Gasteiger partial charge in [-0.1, -0.05) is 66.2 Å². The number of benzene rings is 3. The normalized spacial score (nSPS) is 10.7. The SMILES string of the molecule is Cc1ccc(Cn2cc(NC(=O)Nc3cccc4ccccc34)cn2)cc1. The molecular formula is C22H20N4O. The first-order chi connectivity index (χ1) is 13.2. The lowest BCUT2D eigenvalue weighted by Crippen LogP contribution is -2.19. The van der Waals surface area contributed by atoms with Gasteiger partial charge in [-0.25, -0.2) is 4.79 Å². The Bertz CT molecular complexity index is 1080. The van der Waals surface area contributed by atoms with Gasteiger partial charge in [0.1, 0.15) is 0 Å². The summed E-state index contributed by atoms with van der Waals surface area (Å²) in [6.45, 7) is 2.72. The van der Waals surface area contributed by atoms with Gasteiger partial charge in [0.15, 0.2) is 0 Å². The molecule has 2 amide bonds. The van der Waals surface area contributed by atoms with E-state index in [-0.39, 0.29) is 6.03 Å². The minimum atomic E-state index is -0.291. The number of carbonyl (C=O) groups is 1. The summed E-state index contributed by atoms with van der Waals surface area (Å²) in [6.07, 6.45) is 3.47. The van der Waals surface area contributed by atoms with Gasteiger partial charge in [0.05, 0.1) is 24.1 Å². The fourth-order valence-corrected chi connectivity index (χ4v) is 3.01. The number of anilines is 2. The van der Waals surface area contributed by atoms with E-state index < -0.39 is 0 Å². The molecule has 0 fully saturated rings. The van der Waals surface area contributed by atoms with Gasteiger partial charge in [0, 0.05) is 11.6 Å². The van der Waals surface area contributed by atoms with Crippen LogP contribution in [0.1, 0.15) is 11.1 Å². The Kier molecular flexibility index (Phi) is 4.58. The molecule has 0 aliphatic heterocycles. The Morgan fingerprint density at radius 1 is 0.963 bits per heavy atom. The molecule has 2 N–H and O–H groups in total. The van der Waals surface area contributed by atoms with Crippen LogP contribution in [0.25, 0.3) is 10.8 Å². The Morgan fingerprint density at radius 2 is 1.74 bits per heavy atom. The Hall–Kier alpha value is -3.60. The third-order valence-electron chi connectivity index (χ3n) is 4.39. The van der Waals surface area contributed by atoms with Crippen LogP contribution in [-0.4, -0.2) is 15.8 Å². The average Bonchev–Trinajstić information content (AvgIpc) is 3.10. The van der Waals surface area contributed by atoms with Crippen molar-refractivity contribution in [2.45, 2.75) is 13.5 Å². The molecule has 0 spiro atoms. The van der Waals surface area contributed by atoms with Crippen molar-refractivity contribution in [1.29, 1.82) is 0 Å². The lowest BCUT2D eigenvalue weighted by Gasteiger charge is -2.09. The van der Waals surface area contributed by atoms with Crippen LogP contribution in [0.5, 0.6) is 0 Å². The van der Waals surface area contributed by atoms with Gasteiger partial charge in [-0.3, -0.25) is 4.68 Å². The minimum absolute atomic E-state index is 0.291. The van der Waals surface area contributed by atoms with Gasteiger partial charge in [-0.15, -0.1) is 0 Å². The number of carbonyl (C=O) groups excluding carboxylic acids is 1. The molecule has 5 nitrogen and oxygen atoms in total. The van der Waals surface area contributed by atoms with Crippen LogP contribution in [-0.2, 0) is 6.54 Å². The third-order valence-corrected chi connectivity index (χ3v) is 4.39. The fraction of sp³-hybridized carbons (Fsp3) is 0.0909. The summed E-state index contributed by atoms with van der Waals surface area (Å²) in [4.78, 5) is 12.4. The number of nitrogens with one attached hydrogen (secondary N) is 2. The largest absolute Gasteiger partial charge is 0.323 e. The summed E-state index contributed by atoms with van der Waals surface area (Å²) in [6, 6.07) is 21.8. The van der Waals surface area contributed by atoms with Gasteiger partial charge in [-0.05, 0) is 23.9 Å². The zero-order chi connectivity index (χ0) is 18.6. The molecule has 0 saturated carbocycles. The van der Waals surface area contributed by atoms with E-state index in [1.807, 2.05) is 48.7 Å². The molecule has 0 aliphatic carbocycles. The smallest absolute Gasteiger partial charge is 0.307 e. The molecule has 4 aromatic rings. The highest BCUT2D eigenvalue weighted by molar-refractivity contribution is 6.06. The maximum atomic E-state index is 12.4. The standard InChI is InChI=1S/C22H20N4O/c1-16-9-11-17(12-10-16)14-26-15-19(13-23-26)24-22(27)25-21-8-4-6-18-5-2-3-7-20(18)21/h2-13,15H,14H2,1H3,(H2,24,25,27). The highest BCUT2D eigenvalue weighted by Crippen LogP contribution is 2.23. The van der Waals surface area contributed by atoms with E-state index in [0.717, 1.165) is 22.0 Å². The summed E-state index contributed by atoms with van der Waals surface area (Å²) in [7, 11) is 0. The highest BCUT2D eigenvalue weighted by atomic mass is 16.2. The van der Waals surface area contributed by atoms with Crippen molar-refractivity contribution in [3.63, 3.8) is 0 Å². The maximum Gasteiger partial charge on any atom is 0.323 e. The van der Waals surface area contributed by atoms with Crippen molar-refractivity contribution in [2.75, 3.05) is 10.6 Å². The van der Waals surface area contributed by atoms with Gasteiger partial charge in [0.25, 0.3) is 0 Å². The van der Waals surface area contributed by atoms with E-state index in [2.05, 4.69) is 46.9 Å². The van der Waals surface area contributed by atoms with Gasteiger partial charge < -0.3 is 10.6 Å². The molecule has 4 rings (SSSR count). The van der Waals surface area contributed by atoms with E-state index in [9.17, 15) is 4.79 Å². The number of fused-ring (bicyclic) bond motifs is 1. The first-order valence-electron chi connectivity index (χ1n) is 8.81. The Morgan fingerprint density at radius 3 is 2.59 bits per heavy atom. The van der Waals surface area contributed by atoms with Crippen LogP contribution in [0.2, 0.25) is 0 Å². The lowest BCUT2D eigenvalue weighted by atomic mass is 10.1. The number of nitrogens with zero attached hydrogens (tertiary/aromatic N) is 2. The average molecular weight is 356 g/mol. The monoisotopic (exact) mass is 356 g/mol.